The van der Waals surface area contributed by atoms with Gasteiger partial charge in [-0.1, -0.05) is 12.1 Å². The van der Waals surface area contributed by atoms with Crippen molar-refractivity contribution in [1.29, 1.82) is 0 Å². The lowest BCUT2D eigenvalue weighted by Gasteiger charge is -2.00. The molecule has 2 heterocycles. The maximum Gasteiger partial charge on any atom is 0.374 e. The lowest BCUT2D eigenvalue weighted by molar-refractivity contribution is -0.384. The van der Waals surface area contributed by atoms with E-state index in [9.17, 15) is 14.9 Å². The van der Waals surface area contributed by atoms with E-state index in [1.165, 1.54) is 29.5 Å². The summed E-state index contributed by atoms with van der Waals surface area (Å²) in [5.74, 6) is -0.108. The highest BCUT2D eigenvalue weighted by Gasteiger charge is 2.15. The Morgan fingerprint density at radius 2 is 1.89 bits per heavy atom. The minimum atomic E-state index is -0.595. The lowest BCUT2D eigenvalue weighted by Crippen LogP contribution is -2.03. The number of carbonyl (C=O) groups excluding carboxylic acids is 1. The number of carbonyl (C=O) groups is 1. The normalized spacial score (nSPS) is 10.8. The third-order valence-corrected chi connectivity index (χ3v) is 4.84. The summed E-state index contributed by atoms with van der Waals surface area (Å²) >= 11 is 1.47. The van der Waals surface area contributed by atoms with Gasteiger partial charge in [-0.15, -0.1) is 11.3 Å². The SMILES string of the molecule is O=C(OCc1nc2ccccc2s1)c1ccc(-c2ccc([N+](=O)[O-])cc2)o1. The Morgan fingerprint density at radius 3 is 2.63 bits per heavy atom. The third kappa shape index (κ3) is 3.56. The number of fused-ring (bicyclic) bond motifs is 1. The van der Waals surface area contributed by atoms with Crippen molar-refractivity contribution in [2.24, 2.45) is 0 Å². The van der Waals surface area contributed by atoms with E-state index in [1.807, 2.05) is 24.3 Å². The second-order valence-corrected chi connectivity index (χ2v) is 6.73. The van der Waals surface area contributed by atoms with Crippen LogP contribution in [0.15, 0.2) is 65.1 Å². The fraction of sp³-hybridized carbons (Fsp3) is 0.0526. The van der Waals surface area contributed by atoms with Crippen LogP contribution in [0.4, 0.5) is 5.69 Å². The number of nitro groups is 1. The molecule has 4 aromatic rings. The minimum absolute atomic E-state index is 0.0132. The molecule has 7 nitrogen and oxygen atoms in total. The summed E-state index contributed by atoms with van der Waals surface area (Å²) in [6, 6.07) is 16.7. The second-order valence-electron chi connectivity index (χ2n) is 5.62. The molecule has 0 radical (unpaired) electrons. The molecule has 27 heavy (non-hydrogen) atoms. The summed E-state index contributed by atoms with van der Waals surface area (Å²) in [5.41, 5.74) is 1.48. The van der Waals surface area contributed by atoms with Crippen molar-refractivity contribution in [1.82, 2.24) is 4.98 Å². The first kappa shape index (κ1) is 16.9. The molecule has 0 saturated carbocycles. The summed E-state index contributed by atoms with van der Waals surface area (Å²) in [5, 5.41) is 11.4. The van der Waals surface area contributed by atoms with E-state index >= 15 is 0 Å². The van der Waals surface area contributed by atoms with Gasteiger partial charge in [-0.2, -0.15) is 0 Å². The average Bonchev–Trinajstić information content (AvgIpc) is 3.33. The van der Waals surface area contributed by atoms with Crippen LogP contribution in [0.1, 0.15) is 15.6 Å². The zero-order valence-electron chi connectivity index (χ0n) is 13.8. The molecule has 0 bridgehead atoms. The summed E-state index contributed by atoms with van der Waals surface area (Å²) in [6.07, 6.45) is 0. The topological polar surface area (TPSA) is 95.5 Å². The van der Waals surface area contributed by atoms with E-state index in [2.05, 4.69) is 4.98 Å². The number of aromatic nitrogens is 1. The number of furan rings is 1. The second kappa shape index (κ2) is 7.00. The fourth-order valence-corrected chi connectivity index (χ4v) is 3.41. The summed E-state index contributed by atoms with van der Waals surface area (Å²) in [7, 11) is 0. The van der Waals surface area contributed by atoms with Gasteiger partial charge in [0, 0.05) is 17.7 Å². The van der Waals surface area contributed by atoms with Crippen molar-refractivity contribution in [3.8, 4) is 11.3 Å². The Labute approximate surface area is 157 Å². The molecule has 2 aromatic heterocycles. The molecule has 2 aromatic carbocycles. The number of benzene rings is 2. The Hall–Kier alpha value is -3.52. The van der Waals surface area contributed by atoms with Gasteiger partial charge < -0.3 is 9.15 Å². The molecular formula is C19H12N2O5S. The van der Waals surface area contributed by atoms with Crippen LogP contribution < -0.4 is 0 Å². The predicted molar refractivity (Wildman–Crippen MR) is 99.5 cm³/mol. The number of hydrogen-bond donors (Lipinski definition) is 0. The number of para-hydroxylation sites is 1. The van der Waals surface area contributed by atoms with E-state index in [0.29, 0.717) is 16.3 Å². The van der Waals surface area contributed by atoms with E-state index in [-0.39, 0.29) is 18.1 Å². The molecule has 4 rings (SSSR count). The van der Waals surface area contributed by atoms with Crippen LogP contribution in [0, 0.1) is 10.1 Å². The Morgan fingerprint density at radius 1 is 1.11 bits per heavy atom. The monoisotopic (exact) mass is 380 g/mol. The first-order chi connectivity index (χ1) is 13.1. The maximum absolute atomic E-state index is 12.2. The van der Waals surface area contributed by atoms with E-state index in [0.717, 1.165) is 10.2 Å². The number of nitrogens with zero attached hydrogens (tertiary/aromatic N) is 2. The highest BCUT2D eigenvalue weighted by molar-refractivity contribution is 7.18. The molecule has 0 aliphatic carbocycles. The highest BCUT2D eigenvalue weighted by Crippen LogP contribution is 2.26. The van der Waals surface area contributed by atoms with Crippen LogP contribution in [0.3, 0.4) is 0 Å². The minimum Gasteiger partial charge on any atom is -0.452 e. The quantitative estimate of drug-likeness (QED) is 0.280. The molecule has 0 aliphatic rings. The van der Waals surface area contributed by atoms with Gasteiger partial charge >= 0.3 is 5.97 Å². The predicted octanol–water partition coefficient (Wildman–Crippen LogP) is 4.82. The van der Waals surface area contributed by atoms with E-state index < -0.39 is 10.9 Å². The Kier molecular flexibility index (Phi) is 4.39. The van der Waals surface area contributed by atoms with Crippen molar-refractivity contribution in [3.63, 3.8) is 0 Å². The van der Waals surface area contributed by atoms with Gasteiger partial charge in [0.2, 0.25) is 5.76 Å². The zero-order valence-corrected chi connectivity index (χ0v) is 14.6. The van der Waals surface area contributed by atoms with Gasteiger partial charge in [0.25, 0.3) is 5.69 Å². The van der Waals surface area contributed by atoms with Crippen LogP contribution in [-0.2, 0) is 11.3 Å². The van der Waals surface area contributed by atoms with Crippen molar-refractivity contribution < 1.29 is 18.9 Å². The molecule has 0 atom stereocenters. The first-order valence-corrected chi connectivity index (χ1v) is 8.78. The molecule has 0 spiro atoms. The van der Waals surface area contributed by atoms with Crippen LogP contribution >= 0.6 is 11.3 Å². The number of hydrogen-bond acceptors (Lipinski definition) is 7. The van der Waals surface area contributed by atoms with Crippen molar-refractivity contribution in [2.45, 2.75) is 6.61 Å². The third-order valence-electron chi connectivity index (χ3n) is 3.83. The zero-order chi connectivity index (χ0) is 18.8. The number of nitro benzene ring substituents is 1. The van der Waals surface area contributed by atoms with E-state index in [1.54, 1.807) is 18.2 Å². The highest BCUT2D eigenvalue weighted by atomic mass is 32.1. The number of ether oxygens (including phenoxy) is 1. The number of non-ortho nitro benzene ring substituents is 1. The molecule has 0 fully saturated rings. The van der Waals surface area contributed by atoms with Gasteiger partial charge in [-0.3, -0.25) is 10.1 Å². The van der Waals surface area contributed by atoms with Crippen molar-refractivity contribution in [3.05, 3.63) is 81.5 Å². The number of rotatable bonds is 5. The fourth-order valence-electron chi connectivity index (χ4n) is 2.53. The number of thiazole rings is 1. The van der Waals surface area contributed by atoms with Gasteiger partial charge in [-0.25, -0.2) is 9.78 Å². The van der Waals surface area contributed by atoms with Crippen LogP contribution in [0.2, 0.25) is 0 Å². The summed E-state index contributed by atoms with van der Waals surface area (Å²) in [4.78, 5) is 26.8. The van der Waals surface area contributed by atoms with Crippen molar-refractivity contribution in [2.75, 3.05) is 0 Å². The lowest BCUT2D eigenvalue weighted by atomic mass is 10.1. The molecule has 0 N–H and O–H groups in total. The standard InChI is InChI=1S/C19H12N2O5S/c22-19(25-11-18-20-14-3-1-2-4-17(14)27-18)16-10-9-15(26-16)12-5-7-13(8-6-12)21(23)24/h1-10H,11H2. The molecular weight excluding hydrogens is 368 g/mol. The van der Waals surface area contributed by atoms with Gasteiger partial charge in [0.15, 0.2) is 0 Å². The smallest absolute Gasteiger partial charge is 0.374 e. The maximum atomic E-state index is 12.2. The Bertz CT molecular complexity index is 1100. The van der Waals surface area contributed by atoms with Crippen molar-refractivity contribution >= 4 is 33.2 Å². The molecule has 0 saturated heterocycles. The van der Waals surface area contributed by atoms with Crippen LogP contribution in [0.5, 0.6) is 0 Å². The van der Waals surface area contributed by atoms with Gasteiger partial charge in [0.1, 0.15) is 17.4 Å². The summed E-state index contributed by atoms with van der Waals surface area (Å²) in [6.45, 7) is 0.0613. The first-order valence-electron chi connectivity index (χ1n) is 7.96. The molecule has 0 aliphatic heterocycles. The van der Waals surface area contributed by atoms with Gasteiger partial charge in [0.05, 0.1) is 15.1 Å². The largest absolute Gasteiger partial charge is 0.452 e. The Balaban J connectivity index is 1.44. The van der Waals surface area contributed by atoms with E-state index in [4.69, 9.17) is 9.15 Å². The average molecular weight is 380 g/mol. The van der Waals surface area contributed by atoms with Gasteiger partial charge in [-0.05, 0) is 36.4 Å². The van der Waals surface area contributed by atoms with Crippen LogP contribution in [-0.4, -0.2) is 15.9 Å². The van der Waals surface area contributed by atoms with Crippen LogP contribution in [0.25, 0.3) is 21.5 Å². The molecule has 0 amide bonds. The molecule has 134 valence electrons. The molecule has 8 heteroatoms. The molecule has 0 unspecified atom stereocenters. The summed E-state index contributed by atoms with van der Waals surface area (Å²) < 4.78 is 11.8. The number of esters is 1.